The average Bonchev–Trinajstić information content (AvgIpc) is 2.56. The number of aryl methyl sites for hydroxylation is 1. The lowest BCUT2D eigenvalue weighted by atomic mass is 10.3. The summed E-state index contributed by atoms with van der Waals surface area (Å²) < 4.78 is 26.8. The van der Waals surface area contributed by atoms with E-state index >= 15 is 0 Å². The standard InChI is InChI=1S/C9H16ClN3O2S/c1-4-5-6-13(3)16(14,15)9-8(10)12(2)7-11-9/h7H,4-6H2,1-3H3. The topological polar surface area (TPSA) is 55.2 Å². The molecule has 0 amide bonds. The highest BCUT2D eigenvalue weighted by molar-refractivity contribution is 7.89. The minimum Gasteiger partial charge on any atom is -0.324 e. The fraction of sp³-hybridized carbons (Fsp3) is 0.667. The second kappa shape index (κ2) is 5.16. The molecule has 0 radical (unpaired) electrons. The maximum absolute atomic E-state index is 12.0. The van der Waals surface area contributed by atoms with Crippen LogP contribution in [0.15, 0.2) is 11.4 Å². The second-order valence-electron chi connectivity index (χ2n) is 3.63. The molecule has 0 aliphatic heterocycles. The lowest BCUT2D eigenvalue weighted by Crippen LogP contribution is -2.28. The summed E-state index contributed by atoms with van der Waals surface area (Å²) in [7, 11) is -0.361. The Kier molecular flexibility index (Phi) is 4.35. The molecule has 16 heavy (non-hydrogen) atoms. The van der Waals surface area contributed by atoms with Crippen molar-refractivity contribution in [3.8, 4) is 0 Å². The van der Waals surface area contributed by atoms with Gasteiger partial charge in [-0.1, -0.05) is 24.9 Å². The first-order valence-corrected chi connectivity index (χ1v) is 6.86. The van der Waals surface area contributed by atoms with E-state index in [1.54, 1.807) is 7.05 Å². The van der Waals surface area contributed by atoms with E-state index < -0.39 is 10.0 Å². The highest BCUT2D eigenvalue weighted by Crippen LogP contribution is 2.21. The van der Waals surface area contributed by atoms with E-state index in [0.717, 1.165) is 12.8 Å². The van der Waals surface area contributed by atoms with E-state index in [1.807, 2.05) is 6.92 Å². The molecule has 0 unspecified atom stereocenters. The van der Waals surface area contributed by atoms with Crippen LogP contribution in [0.1, 0.15) is 19.8 Å². The quantitative estimate of drug-likeness (QED) is 0.811. The normalized spacial score (nSPS) is 12.3. The van der Waals surface area contributed by atoms with E-state index in [0.29, 0.717) is 6.54 Å². The molecule has 0 N–H and O–H groups in total. The van der Waals surface area contributed by atoms with Gasteiger partial charge < -0.3 is 4.57 Å². The number of halogens is 1. The second-order valence-corrected chi connectivity index (χ2v) is 5.95. The van der Waals surface area contributed by atoms with E-state index in [1.165, 1.54) is 22.2 Å². The van der Waals surface area contributed by atoms with Crippen LogP contribution >= 0.6 is 11.6 Å². The lowest BCUT2D eigenvalue weighted by Gasteiger charge is -2.15. The van der Waals surface area contributed by atoms with Gasteiger partial charge >= 0.3 is 0 Å². The fourth-order valence-electron chi connectivity index (χ4n) is 1.22. The summed E-state index contributed by atoms with van der Waals surface area (Å²) in [6.45, 7) is 2.49. The van der Waals surface area contributed by atoms with Crippen LogP contribution in [0.3, 0.4) is 0 Å². The number of hydrogen-bond donors (Lipinski definition) is 0. The minimum absolute atomic E-state index is 0.0738. The number of sulfonamides is 1. The highest BCUT2D eigenvalue weighted by Gasteiger charge is 2.26. The Bertz CT molecular complexity index is 455. The maximum atomic E-state index is 12.0. The lowest BCUT2D eigenvalue weighted by molar-refractivity contribution is 0.457. The van der Waals surface area contributed by atoms with Crippen LogP contribution in [0.25, 0.3) is 0 Å². The average molecular weight is 266 g/mol. The van der Waals surface area contributed by atoms with Gasteiger partial charge in [0, 0.05) is 20.6 Å². The minimum atomic E-state index is -3.55. The van der Waals surface area contributed by atoms with Crippen LogP contribution in [0.4, 0.5) is 0 Å². The van der Waals surface area contributed by atoms with Crippen molar-refractivity contribution in [3.63, 3.8) is 0 Å². The van der Waals surface area contributed by atoms with Crippen LogP contribution in [0.2, 0.25) is 5.15 Å². The molecule has 1 rings (SSSR count). The molecule has 0 saturated heterocycles. The molecule has 0 fully saturated rings. The van der Waals surface area contributed by atoms with Gasteiger partial charge in [0.15, 0.2) is 0 Å². The van der Waals surface area contributed by atoms with Crippen molar-refractivity contribution >= 4 is 21.6 Å². The van der Waals surface area contributed by atoms with Crippen molar-refractivity contribution in [2.75, 3.05) is 13.6 Å². The number of aromatic nitrogens is 2. The number of unbranched alkanes of at least 4 members (excludes halogenated alkanes) is 1. The number of rotatable bonds is 5. The summed E-state index contributed by atoms with van der Waals surface area (Å²) in [5, 5.41) is 0.0682. The number of imidazole rings is 1. The first-order chi connectivity index (χ1) is 7.41. The van der Waals surface area contributed by atoms with Crippen LogP contribution in [-0.2, 0) is 17.1 Å². The first-order valence-electron chi connectivity index (χ1n) is 5.04. The van der Waals surface area contributed by atoms with Crippen molar-refractivity contribution < 1.29 is 8.42 Å². The van der Waals surface area contributed by atoms with E-state index in [9.17, 15) is 8.42 Å². The summed E-state index contributed by atoms with van der Waals surface area (Å²) >= 11 is 5.87. The van der Waals surface area contributed by atoms with E-state index in [-0.39, 0.29) is 10.2 Å². The van der Waals surface area contributed by atoms with Gasteiger partial charge in [-0.25, -0.2) is 13.4 Å². The molecular weight excluding hydrogens is 250 g/mol. The maximum Gasteiger partial charge on any atom is 0.263 e. The summed E-state index contributed by atoms with van der Waals surface area (Å²) in [5.74, 6) is 0. The Morgan fingerprint density at radius 1 is 1.56 bits per heavy atom. The zero-order valence-electron chi connectivity index (χ0n) is 9.64. The molecule has 0 saturated carbocycles. The van der Waals surface area contributed by atoms with Gasteiger partial charge in [0.2, 0.25) is 5.03 Å². The molecule has 0 bridgehead atoms. The van der Waals surface area contributed by atoms with Crippen LogP contribution in [-0.4, -0.2) is 35.9 Å². The molecule has 0 spiro atoms. The molecule has 0 aliphatic carbocycles. The van der Waals surface area contributed by atoms with Gasteiger partial charge in [-0.2, -0.15) is 4.31 Å². The summed E-state index contributed by atoms with van der Waals surface area (Å²) in [6.07, 6.45) is 3.15. The Morgan fingerprint density at radius 2 is 2.19 bits per heavy atom. The number of nitrogens with zero attached hydrogens (tertiary/aromatic N) is 3. The van der Waals surface area contributed by atoms with Gasteiger partial charge in [0.1, 0.15) is 5.15 Å². The number of hydrogen-bond acceptors (Lipinski definition) is 3. The van der Waals surface area contributed by atoms with Gasteiger partial charge in [-0.05, 0) is 6.42 Å². The fourth-order valence-corrected chi connectivity index (χ4v) is 2.80. The van der Waals surface area contributed by atoms with E-state index in [4.69, 9.17) is 11.6 Å². The first kappa shape index (κ1) is 13.5. The third kappa shape index (κ3) is 2.56. The molecule has 1 aromatic heterocycles. The molecule has 0 aromatic carbocycles. The summed E-state index contributed by atoms with van der Waals surface area (Å²) in [6, 6.07) is 0. The third-order valence-corrected chi connectivity index (χ3v) is 4.66. The zero-order chi connectivity index (χ0) is 12.3. The van der Waals surface area contributed by atoms with Crippen molar-refractivity contribution in [2.45, 2.75) is 24.8 Å². The monoisotopic (exact) mass is 265 g/mol. The van der Waals surface area contributed by atoms with Gasteiger partial charge in [-0.15, -0.1) is 0 Å². The SMILES string of the molecule is CCCCN(C)S(=O)(=O)c1ncn(C)c1Cl. The largest absolute Gasteiger partial charge is 0.324 e. The Morgan fingerprint density at radius 3 is 2.62 bits per heavy atom. The van der Waals surface area contributed by atoms with Crippen molar-refractivity contribution in [3.05, 3.63) is 11.5 Å². The molecule has 0 atom stereocenters. The zero-order valence-corrected chi connectivity index (χ0v) is 11.2. The van der Waals surface area contributed by atoms with Crippen molar-refractivity contribution in [1.29, 1.82) is 0 Å². The van der Waals surface area contributed by atoms with Gasteiger partial charge in [-0.3, -0.25) is 0 Å². The van der Waals surface area contributed by atoms with Crippen LogP contribution in [0, 0.1) is 0 Å². The van der Waals surface area contributed by atoms with Gasteiger partial charge in [0.25, 0.3) is 10.0 Å². The Balaban J connectivity index is 2.98. The summed E-state index contributed by atoms with van der Waals surface area (Å²) in [4.78, 5) is 3.82. The Hall–Kier alpha value is -0.590. The Labute approximate surface area is 101 Å². The van der Waals surface area contributed by atoms with Crippen LogP contribution in [0.5, 0.6) is 0 Å². The molecule has 92 valence electrons. The van der Waals surface area contributed by atoms with Crippen LogP contribution < -0.4 is 0 Å². The predicted octanol–water partition coefficient (Wildman–Crippen LogP) is 1.49. The third-order valence-electron chi connectivity index (χ3n) is 2.32. The highest BCUT2D eigenvalue weighted by atomic mass is 35.5. The summed E-state index contributed by atoms with van der Waals surface area (Å²) in [5.41, 5.74) is 0. The van der Waals surface area contributed by atoms with E-state index in [2.05, 4.69) is 4.98 Å². The predicted molar refractivity (Wildman–Crippen MR) is 62.9 cm³/mol. The van der Waals surface area contributed by atoms with Crippen molar-refractivity contribution in [2.24, 2.45) is 7.05 Å². The molecule has 5 nitrogen and oxygen atoms in total. The molecule has 7 heteroatoms. The molecular formula is C9H16ClN3O2S. The molecule has 0 aliphatic rings. The molecule has 1 heterocycles. The molecule has 1 aromatic rings. The smallest absolute Gasteiger partial charge is 0.263 e. The van der Waals surface area contributed by atoms with Crippen molar-refractivity contribution in [1.82, 2.24) is 13.9 Å². The van der Waals surface area contributed by atoms with Gasteiger partial charge in [0.05, 0.1) is 6.33 Å².